The zero-order chi connectivity index (χ0) is 18.4. The van der Waals surface area contributed by atoms with Gasteiger partial charge in [-0.15, -0.1) is 0 Å². The lowest BCUT2D eigenvalue weighted by Gasteiger charge is -2.09. The molecule has 0 bridgehead atoms. The minimum absolute atomic E-state index is 0.0671. The minimum atomic E-state index is -0.126. The van der Waals surface area contributed by atoms with Crippen LogP contribution in [0, 0.1) is 11.8 Å². The van der Waals surface area contributed by atoms with E-state index in [1.807, 2.05) is 53.2 Å². The first kappa shape index (κ1) is 17.5. The maximum Gasteiger partial charge on any atom is 0.251 e. The van der Waals surface area contributed by atoms with Crippen molar-refractivity contribution >= 4 is 5.91 Å². The van der Waals surface area contributed by atoms with Gasteiger partial charge in [-0.3, -0.25) is 9.36 Å². The van der Waals surface area contributed by atoms with Crippen LogP contribution in [0.15, 0.2) is 60.9 Å². The van der Waals surface area contributed by atoms with Crippen LogP contribution in [0.4, 0.5) is 0 Å². The smallest absolute Gasteiger partial charge is 0.251 e. The van der Waals surface area contributed by atoms with Crippen LogP contribution in [-0.4, -0.2) is 34.2 Å². The van der Waals surface area contributed by atoms with Crippen LogP contribution in [0.1, 0.15) is 22.3 Å². The van der Waals surface area contributed by atoms with Gasteiger partial charge in [0.15, 0.2) is 0 Å². The lowest BCUT2D eigenvalue weighted by Crippen LogP contribution is -2.17. The molecule has 2 aromatic carbocycles. The van der Waals surface area contributed by atoms with Gasteiger partial charge in [0.25, 0.3) is 5.91 Å². The van der Waals surface area contributed by atoms with Crippen LogP contribution in [0.5, 0.6) is 0 Å². The first-order valence-corrected chi connectivity index (χ1v) is 8.29. The number of imidazole rings is 1. The Morgan fingerprint density at radius 3 is 2.77 bits per heavy atom. The number of carbonyl (C=O) groups is 1. The van der Waals surface area contributed by atoms with Crippen LogP contribution in [-0.2, 0) is 0 Å². The molecule has 0 atom stereocenters. The van der Waals surface area contributed by atoms with E-state index in [1.165, 1.54) is 0 Å². The Hall–Kier alpha value is -3.36. The monoisotopic (exact) mass is 345 g/mol. The fraction of sp³-hybridized carbons (Fsp3) is 0.143. The summed E-state index contributed by atoms with van der Waals surface area (Å²) in [6, 6.07) is 15.2. The third-order valence-corrected chi connectivity index (χ3v) is 3.87. The zero-order valence-corrected chi connectivity index (χ0v) is 14.4. The summed E-state index contributed by atoms with van der Waals surface area (Å²) in [6.07, 6.45) is 4.07. The molecule has 1 aromatic heterocycles. The van der Waals surface area contributed by atoms with Crippen molar-refractivity contribution in [1.29, 1.82) is 0 Å². The number of hydrogen-bond acceptors (Lipinski definition) is 3. The van der Waals surface area contributed by atoms with Crippen molar-refractivity contribution in [2.24, 2.45) is 0 Å². The number of aliphatic hydroxyl groups excluding tert-OH is 1. The van der Waals surface area contributed by atoms with E-state index in [0.29, 0.717) is 12.0 Å². The predicted molar refractivity (Wildman–Crippen MR) is 101 cm³/mol. The van der Waals surface area contributed by atoms with E-state index in [4.69, 9.17) is 5.11 Å². The predicted octanol–water partition coefficient (Wildman–Crippen LogP) is 2.63. The summed E-state index contributed by atoms with van der Waals surface area (Å²) in [7, 11) is 1.61. The number of hydrogen-bond donors (Lipinski definition) is 2. The number of rotatable bonds is 4. The summed E-state index contributed by atoms with van der Waals surface area (Å²) in [5.41, 5.74) is 3.31. The average Bonchev–Trinajstić information content (AvgIpc) is 3.18. The number of amides is 1. The van der Waals surface area contributed by atoms with E-state index in [2.05, 4.69) is 22.1 Å². The van der Waals surface area contributed by atoms with Crippen molar-refractivity contribution in [3.63, 3.8) is 0 Å². The summed E-state index contributed by atoms with van der Waals surface area (Å²) in [5, 5.41) is 11.4. The molecule has 0 radical (unpaired) electrons. The number of benzene rings is 2. The summed E-state index contributed by atoms with van der Waals surface area (Å²) >= 11 is 0. The second-order valence-electron chi connectivity index (χ2n) is 5.60. The summed E-state index contributed by atoms with van der Waals surface area (Å²) < 4.78 is 1.94. The Labute approximate surface area is 152 Å². The van der Waals surface area contributed by atoms with Gasteiger partial charge in [0.05, 0.1) is 6.61 Å². The Bertz CT molecular complexity index is 963. The largest absolute Gasteiger partial charge is 0.395 e. The van der Waals surface area contributed by atoms with Crippen LogP contribution < -0.4 is 5.32 Å². The lowest BCUT2D eigenvalue weighted by molar-refractivity contribution is 0.0963. The topological polar surface area (TPSA) is 67.2 Å². The molecule has 1 heterocycles. The van der Waals surface area contributed by atoms with Gasteiger partial charge >= 0.3 is 0 Å². The van der Waals surface area contributed by atoms with Crippen molar-refractivity contribution < 1.29 is 9.90 Å². The highest BCUT2D eigenvalue weighted by Crippen LogP contribution is 2.22. The maximum absolute atomic E-state index is 11.9. The third-order valence-electron chi connectivity index (χ3n) is 3.87. The standard InChI is InChI=1S/C21H19N3O2/c1-22-21(26)18-6-4-7-19(15-18)24-13-12-23-20(24)17-10-8-16(9-11-17)5-2-3-14-25/h4,6-13,15,25H,3,14H2,1H3,(H,22,26). The van der Waals surface area contributed by atoms with Crippen LogP contribution >= 0.6 is 0 Å². The normalized spacial score (nSPS) is 10.1. The van der Waals surface area contributed by atoms with Gasteiger partial charge < -0.3 is 10.4 Å². The minimum Gasteiger partial charge on any atom is -0.395 e. The van der Waals surface area contributed by atoms with E-state index in [0.717, 1.165) is 22.6 Å². The van der Waals surface area contributed by atoms with E-state index in [9.17, 15) is 4.79 Å². The highest BCUT2D eigenvalue weighted by Gasteiger charge is 2.10. The molecule has 130 valence electrons. The number of nitrogens with zero attached hydrogens (tertiary/aromatic N) is 2. The molecule has 26 heavy (non-hydrogen) atoms. The van der Waals surface area contributed by atoms with Crippen molar-refractivity contribution in [2.45, 2.75) is 6.42 Å². The fourth-order valence-electron chi connectivity index (χ4n) is 2.59. The molecule has 3 aromatic rings. The highest BCUT2D eigenvalue weighted by molar-refractivity contribution is 5.94. The average molecular weight is 345 g/mol. The molecule has 0 aliphatic rings. The van der Waals surface area contributed by atoms with Crippen LogP contribution in [0.2, 0.25) is 0 Å². The first-order valence-electron chi connectivity index (χ1n) is 8.29. The molecule has 0 spiro atoms. The lowest BCUT2D eigenvalue weighted by atomic mass is 10.1. The quantitative estimate of drug-likeness (QED) is 0.715. The molecule has 3 rings (SSSR count). The SMILES string of the molecule is CNC(=O)c1cccc(-n2ccnc2-c2ccc(C#CCCO)cc2)c1. The molecule has 0 aliphatic heterocycles. The Balaban J connectivity index is 1.92. The van der Waals surface area contributed by atoms with E-state index in [-0.39, 0.29) is 12.5 Å². The second kappa shape index (κ2) is 8.15. The number of aromatic nitrogens is 2. The maximum atomic E-state index is 11.9. The molecule has 2 N–H and O–H groups in total. The molecular weight excluding hydrogens is 326 g/mol. The van der Waals surface area contributed by atoms with E-state index in [1.54, 1.807) is 19.3 Å². The molecule has 0 aliphatic carbocycles. The molecule has 1 amide bonds. The zero-order valence-electron chi connectivity index (χ0n) is 14.4. The van der Waals surface area contributed by atoms with E-state index >= 15 is 0 Å². The summed E-state index contributed by atoms with van der Waals surface area (Å²) in [5.74, 6) is 6.58. The van der Waals surface area contributed by atoms with Gasteiger partial charge in [-0.05, 0) is 30.3 Å². The molecule has 0 unspecified atom stereocenters. The summed E-state index contributed by atoms with van der Waals surface area (Å²) in [6.45, 7) is 0.0671. The van der Waals surface area contributed by atoms with Crippen molar-refractivity contribution in [2.75, 3.05) is 13.7 Å². The molecular formula is C21H19N3O2. The second-order valence-corrected chi connectivity index (χ2v) is 5.60. The summed E-state index contributed by atoms with van der Waals surface area (Å²) in [4.78, 5) is 16.3. The van der Waals surface area contributed by atoms with Crippen molar-refractivity contribution in [3.8, 4) is 28.9 Å². The molecule has 5 nitrogen and oxygen atoms in total. The molecule has 0 fully saturated rings. The van der Waals surface area contributed by atoms with Crippen LogP contribution in [0.3, 0.4) is 0 Å². The van der Waals surface area contributed by atoms with Gasteiger partial charge in [-0.2, -0.15) is 0 Å². The fourth-order valence-corrected chi connectivity index (χ4v) is 2.59. The Morgan fingerprint density at radius 1 is 1.23 bits per heavy atom. The van der Waals surface area contributed by atoms with Gasteiger partial charge in [-0.25, -0.2) is 4.98 Å². The van der Waals surface area contributed by atoms with Gasteiger partial charge in [-0.1, -0.05) is 30.0 Å². The number of carbonyl (C=O) groups excluding carboxylic acids is 1. The van der Waals surface area contributed by atoms with Crippen LogP contribution in [0.25, 0.3) is 17.1 Å². The Kier molecular flexibility index (Phi) is 5.47. The number of aliphatic hydroxyl groups is 1. The first-order chi connectivity index (χ1) is 12.7. The molecule has 0 saturated carbocycles. The van der Waals surface area contributed by atoms with Gasteiger partial charge in [0, 0.05) is 48.2 Å². The van der Waals surface area contributed by atoms with Crippen molar-refractivity contribution in [1.82, 2.24) is 14.9 Å². The van der Waals surface area contributed by atoms with Crippen molar-refractivity contribution in [3.05, 3.63) is 72.1 Å². The third kappa shape index (κ3) is 3.82. The molecule has 0 saturated heterocycles. The number of nitrogens with one attached hydrogen (secondary N) is 1. The van der Waals surface area contributed by atoms with E-state index < -0.39 is 0 Å². The molecule has 5 heteroatoms. The Morgan fingerprint density at radius 2 is 2.04 bits per heavy atom. The highest BCUT2D eigenvalue weighted by atomic mass is 16.2. The van der Waals surface area contributed by atoms with Gasteiger partial charge in [0.1, 0.15) is 5.82 Å². The van der Waals surface area contributed by atoms with Gasteiger partial charge in [0.2, 0.25) is 0 Å².